The number of aromatic amines is 1. The van der Waals surface area contributed by atoms with Gasteiger partial charge in [-0.1, -0.05) is 19.1 Å². The van der Waals surface area contributed by atoms with Crippen molar-refractivity contribution in [3.8, 4) is 11.3 Å². The number of amides is 1. The van der Waals surface area contributed by atoms with Crippen molar-refractivity contribution in [1.82, 2.24) is 10.2 Å². The van der Waals surface area contributed by atoms with Gasteiger partial charge in [0.2, 0.25) is 5.91 Å². The zero-order valence-electron chi connectivity index (χ0n) is 11.7. The number of carboxylic acids is 1. The van der Waals surface area contributed by atoms with Crippen LogP contribution in [-0.2, 0) is 9.59 Å². The van der Waals surface area contributed by atoms with Crippen LogP contribution in [0.15, 0.2) is 36.5 Å². The summed E-state index contributed by atoms with van der Waals surface area (Å²) in [5.41, 5.74) is 2.46. The highest BCUT2D eigenvalue weighted by Gasteiger charge is 2.13. The minimum atomic E-state index is -0.892. The largest absolute Gasteiger partial charge is 0.481 e. The number of hydrogen-bond donors (Lipinski definition) is 3. The van der Waals surface area contributed by atoms with Crippen molar-refractivity contribution in [3.05, 3.63) is 36.5 Å². The van der Waals surface area contributed by atoms with E-state index in [4.69, 9.17) is 5.11 Å². The molecular formula is C15H17N3O3. The van der Waals surface area contributed by atoms with E-state index in [9.17, 15) is 9.59 Å². The van der Waals surface area contributed by atoms with Gasteiger partial charge in [-0.25, -0.2) is 0 Å². The van der Waals surface area contributed by atoms with Gasteiger partial charge in [-0.3, -0.25) is 14.7 Å². The summed E-state index contributed by atoms with van der Waals surface area (Å²) in [6, 6.07) is 9.23. The van der Waals surface area contributed by atoms with Crippen LogP contribution in [-0.4, -0.2) is 27.2 Å². The number of nitrogens with zero attached hydrogens (tertiary/aromatic N) is 1. The van der Waals surface area contributed by atoms with E-state index in [0.29, 0.717) is 5.69 Å². The predicted octanol–water partition coefficient (Wildman–Crippen LogP) is 2.52. The second-order valence-electron chi connectivity index (χ2n) is 5.01. The van der Waals surface area contributed by atoms with Gasteiger partial charge in [0.05, 0.1) is 5.69 Å². The summed E-state index contributed by atoms with van der Waals surface area (Å²) < 4.78 is 0. The molecule has 6 nitrogen and oxygen atoms in total. The van der Waals surface area contributed by atoms with Gasteiger partial charge in [0.15, 0.2) is 0 Å². The van der Waals surface area contributed by atoms with Crippen molar-refractivity contribution in [2.45, 2.75) is 19.8 Å². The molecule has 1 unspecified atom stereocenters. The van der Waals surface area contributed by atoms with Crippen LogP contribution in [0.25, 0.3) is 11.3 Å². The average molecular weight is 287 g/mol. The standard InChI is InChI=1S/C15H17N3O3/c1-10(8-15(20)21)7-14(19)17-12-4-2-3-11(9-12)13-5-6-16-18-13/h2-6,9-10H,7-8H2,1H3,(H,16,18)(H,17,19)(H,20,21). The van der Waals surface area contributed by atoms with Crippen molar-refractivity contribution < 1.29 is 14.7 Å². The van der Waals surface area contributed by atoms with Crippen molar-refractivity contribution in [2.24, 2.45) is 5.92 Å². The van der Waals surface area contributed by atoms with Crippen molar-refractivity contribution in [3.63, 3.8) is 0 Å². The second-order valence-corrected chi connectivity index (χ2v) is 5.01. The highest BCUT2D eigenvalue weighted by atomic mass is 16.4. The molecule has 1 amide bonds. The molecule has 1 aromatic heterocycles. The number of nitrogens with one attached hydrogen (secondary N) is 2. The quantitative estimate of drug-likeness (QED) is 0.760. The molecule has 0 fully saturated rings. The van der Waals surface area contributed by atoms with Crippen LogP contribution < -0.4 is 5.32 Å². The van der Waals surface area contributed by atoms with Crippen LogP contribution in [0, 0.1) is 5.92 Å². The summed E-state index contributed by atoms with van der Waals surface area (Å²) in [4.78, 5) is 22.5. The Morgan fingerprint density at radius 1 is 1.33 bits per heavy atom. The van der Waals surface area contributed by atoms with E-state index in [1.165, 1.54) is 0 Å². The van der Waals surface area contributed by atoms with Gasteiger partial charge >= 0.3 is 5.97 Å². The van der Waals surface area contributed by atoms with Crippen LogP contribution in [0.2, 0.25) is 0 Å². The minimum Gasteiger partial charge on any atom is -0.481 e. The number of rotatable bonds is 6. The molecule has 110 valence electrons. The number of aromatic nitrogens is 2. The molecule has 0 aliphatic rings. The fraction of sp³-hybridized carbons (Fsp3) is 0.267. The fourth-order valence-electron chi connectivity index (χ4n) is 2.08. The van der Waals surface area contributed by atoms with E-state index in [-0.39, 0.29) is 24.7 Å². The lowest BCUT2D eigenvalue weighted by atomic mass is 10.0. The van der Waals surface area contributed by atoms with Crippen molar-refractivity contribution in [2.75, 3.05) is 5.32 Å². The number of anilines is 1. The third kappa shape index (κ3) is 4.45. The maximum absolute atomic E-state index is 11.9. The topological polar surface area (TPSA) is 95.1 Å². The van der Waals surface area contributed by atoms with Gasteiger partial charge in [-0.05, 0) is 24.1 Å². The van der Waals surface area contributed by atoms with E-state index < -0.39 is 5.97 Å². The smallest absolute Gasteiger partial charge is 0.303 e. The lowest BCUT2D eigenvalue weighted by Crippen LogP contribution is -2.16. The van der Waals surface area contributed by atoms with Crippen LogP contribution in [0.4, 0.5) is 5.69 Å². The molecule has 0 aliphatic carbocycles. The van der Waals surface area contributed by atoms with Gasteiger partial charge in [-0.2, -0.15) is 5.10 Å². The van der Waals surface area contributed by atoms with Crippen molar-refractivity contribution in [1.29, 1.82) is 0 Å². The Morgan fingerprint density at radius 2 is 2.14 bits per heavy atom. The third-order valence-electron chi connectivity index (χ3n) is 3.02. The highest BCUT2D eigenvalue weighted by Crippen LogP contribution is 2.20. The second kappa shape index (κ2) is 6.69. The number of hydrogen-bond acceptors (Lipinski definition) is 3. The summed E-state index contributed by atoms with van der Waals surface area (Å²) in [5, 5.41) is 18.2. The zero-order valence-corrected chi connectivity index (χ0v) is 11.7. The van der Waals surface area contributed by atoms with Gasteiger partial charge in [-0.15, -0.1) is 0 Å². The summed E-state index contributed by atoms with van der Waals surface area (Å²) in [5.74, 6) is -1.28. The molecule has 2 rings (SSSR count). The maximum atomic E-state index is 11.9. The van der Waals surface area contributed by atoms with Crippen LogP contribution in [0.1, 0.15) is 19.8 Å². The van der Waals surface area contributed by atoms with Crippen LogP contribution in [0.3, 0.4) is 0 Å². The van der Waals surface area contributed by atoms with E-state index in [1.807, 2.05) is 24.3 Å². The summed E-state index contributed by atoms with van der Waals surface area (Å²) in [6.45, 7) is 1.74. The Balaban J connectivity index is 1.98. The molecule has 0 bridgehead atoms. The first-order valence-corrected chi connectivity index (χ1v) is 6.66. The van der Waals surface area contributed by atoms with E-state index >= 15 is 0 Å². The Morgan fingerprint density at radius 3 is 2.81 bits per heavy atom. The number of H-pyrrole nitrogens is 1. The molecule has 1 aromatic carbocycles. The molecule has 0 saturated carbocycles. The summed E-state index contributed by atoms with van der Waals surface area (Å²) in [6.07, 6.45) is 1.83. The molecule has 1 heterocycles. The van der Waals surface area contributed by atoms with Gasteiger partial charge in [0.25, 0.3) is 0 Å². The predicted molar refractivity (Wildman–Crippen MR) is 78.7 cm³/mol. The first-order chi connectivity index (χ1) is 10.0. The average Bonchev–Trinajstić information content (AvgIpc) is 2.91. The number of benzene rings is 1. The number of aliphatic carboxylic acids is 1. The summed E-state index contributed by atoms with van der Waals surface area (Å²) in [7, 11) is 0. The Labute approximate surface area is 122 Å². The number of carbonyl (C=O) groups excluding carboxylic acids is 1. The first-order valence-electron chi connectivity index (χ1n) is 6.66. The first kappa shape index (κ1) is 14.8. The molecule has 0 radical (unpaired) electrons. The number of carboxylic acid groups (broad SMARTS) is 1. The van der Waals surface area contributed by atoms with Crippen molar-refractivity contribution >= 4 is 17.6 Å². The summed E-state index contributed by atoms with van der Waals surface area (Å²) >= 11 is 0. The Bertz CT molecular complexity index is 623. The van der Waals surface area contributed by atoms with Gasteiger partial charge in [0.1, 0.15) is 0 Å². The Hall–Kier alpha value is -2.63. The molecule has 1 atom stereocenters. The minimum absolute atomic E-state index is 0.0123. The number of carbonyl (C=O) groups is 2. The van der Waals surface area contributed by atoms with Gasteiger partial charge in [0, 0.05) is 30.3 Å². The lowest BCUT2D eigenvalue weighted by Gasteiger charge is -2.10. The van der Waals surface area contributed by atoms with Crippen LogP contribution >= 0.6 is 0 Å². The SMILES string of the molecule is CC(CC(=O)O)CC(=O)Nc1cccc(-c2ccn[nH]2)c1. The van der Waals surface area contributed by atoms with Crippen LogP contribution in [0.5, 0.6) is 0 Å². The lowest BCUT2D eigenvalue weighted by molar-refractivity contribution is -0.138. The third-order valence-corrected chi connectivity index (χ3v) is 3.02. The molecule has 2 aromatic rings. The maximum Gasteiger partial charge on any atom is 0.303 e. The molecule has 0 saturated heterocycles. The van der Waals surface area contributed by atoms with E-state index in [0.717, 1.165) is 11.3 Å². The molecule has 21 heavy (non-hydrogen) atoms. The monoisotopic (exact) mass is 287 g/mol. The zero-order chi connectivity index (χ0) is 15.2. The Kier molecular flexibility index (Phi) is 4.71. The molecule has 6 heteroatoms. The molecular weight excluding hydrogens is 270 g/mol. The molecule has 0 spiro atoms. The van der Waals surface area contributed by atoms with E-state index in [2.05, 4.69) is 15.5 Å². The fourth-order valence-corrected chi connectivity index (χ4v) is 2.08. The molecule has 3 N–H and O–H groups in total. The van der Waals surface area contributed by atoms with E-state index in [1.54, 1.807) is 19.2 Å². The molecule has 0 aliphatic heterocycles. The normalized spacial score (nSPS) is 11.9. The highest BCUT2D eigenvalue weighted by molar-refractivity contribution is 5.91. The van der Waals surface area contributed by atoms with Gasteiger partial charge < -0.3 is 10.4 Å².